The van der Waals surface area contributed by atoms with E-state index in [0.29, 0.717) is 47.1 Å². The Balaban J connectivity index is 0.000000409. The number of hydrogen-bond acceptors (Lipinski definition) is 9. The molecule has 0 N–H and O–H groups in total. The quantitative estimate of drug-likeness (QED) is 0.108. The van der Waals surface area contributed by atoms with E-state index in [4.69, 9.17) is 0 Å². The van der Waals surface area contributed by atoms with Gasteiger partial charge in [-0.1, -0.05) is 104 Å². The fraction of sp³-hybridized carbons (Fsp3) is 0.679. The fourth-order valence-electron chi connectivity index (χ4n) is 6.81. The smallest absolute Gasteiger partial charge is 0.0953 e. The van der Waals surface area contributed by atoms with Crippen LogP contribution in [-0.2, 0) is 45.6 Å². The molecule has 0 spiro atoms. The van der Waals surface area contributed by atoms with E-state index < -0.39 is 0 Å². The summed E-state index contributed by atoms with van der Waals surface area (Å²) in [5, 5.41) is 17.0. The van der Waals surface area contributed by atoms with Crippen LogP contribution in [0.5, 0.6) is 0 Å². The van der Waals surface area contributed by atoms with Crippen molar-refractivity contribution in [1.29, 1.82) is 0 Å². The fourth-order valence-corrected chi connectivity index (χ4v) is 9.38. The van der Waals surface area contributed by atoms with Crippen molar-refractivity contribution in [2.45, 2.75) is 209 Å². The predicted molar refractivity (Wildman–Crippen MR) is 299 cm³/mol. The van der Waals surface area contributed by atoms with Crippen LogP contribution in [0.15, 0.2) is 47.8 Å². The van der Waals surface area contributed by atoms with Crippen molar-refractivity contribution in [2.75, 3.05) is 0 Å². The van der Waals surface area contributed by atoms with Gasteiger partial charge in [-0.25, -0.2) is 19.9 Å². The van der Waals surface area contributed by atoms with Gasteiger partial charge in [-0.15, -0.1) is 34.0 Å². The summed E-state index contributed by atoms with van der Waals surface area (Å²) in [6.07, 6.45) is 14.6. The minimum absolute atomic E-state index is 0.388. The first kappa shape index (κ1) is 62.5. The van der Waals surface area contributed by atoms with Crippen molar-refractivity contribution < 1.29 is 0 Å². The molecule has 0 saturated carbocycles. The van der Waals surface area contributed by atoms with Gasteiger partial charge in [0.2, 0.25) is 0 Å². The van der Waals surface area contributed by atoms with Gasteiger partial charge >= 0.3 is 0 Å². The molecule has 6 heterocycles. The highest BCUT2D eigenvalue weighted by Crippen LogP contribution is 2.24. The summed E-state index contributed by atoms with van der Waals surface area (Å²) < 4.78 is 6.09. The Kier molecular flexibility index (Phi) is 29.1. The molecule has 0 bridgehead atoms. The highest BCUT2D eigenvalue weighted by Gasteiger charge is 2.13. The summed E-state index contributed by atoms with van der Waals surface area (Å²) in [5.41, 5.74) is 7.79. The second-order valence-electron chi connectivity index (χ2n) is 22.5. The maximum atomic E-state index is 4.57. The molecule has 0 aliphatic heterocycles. The lowest BCUT2D eigenvalue weighted by atomic mass is 9.92. The van der Waals surface area contributed by atoms with Crippen LogP contribution in [0.4, 0.5) is 0 Å². The van der Waals surface area contributed by atoms with Gasteiger partial charge < -0.3 is 4.57 Å². The van der Waals surface area contributed by atoms with Crippen molar-refractivity contribution in [3.8, 4) is 0 Å². The third kappa shape index (κ3) is 28.9. The number of rotatable bonds is 14. The average Bonchev–Trinajstić information content (AvgIpc) is 4.06. The summed E-state index contributed by atoms with van der Waals surface area (Å²) in [5.74, 6) is 4.11. The second-order valence-corrected chi connectivity index (χ2v) is 25.8. The number of hydrogen-bond donors (Lipinski definition) is 0. The molecular formula is C56H97N9S3. The minimum atomic E-state index is 0.388. The third-order valence-corrected chi connectivity index (χ3v) is 12.5. The molecule has 12 heteroatoms. The molecule has 0 fully saturated rings. The Hall–Kier alpha value is -3.48. The summed E-state index contributed by atoms with van der Waals surface area (Å²) in [4.78, 5) is 18.8. The number of imidazole rings is 1. The van der Waals surface area contributed by atoms with Crippen molar-refractivity contribution in [1.82, 2.24) is 44.1 Å². The van der Waals surface area contributed by atoms with Gasteiger partial charge in [0.05, 0.1) is 49.8 Å². The molecule has 0 aliphatic carbocycles. The van der Waals surface area contributed by atoms with E-state index in [0.717, 1.165) is 44.4 Å². The normalized spacial score (nSPS) is 11.4. The van der Waals surface area contributed by atoms with Crippen LogP contribution in [0.2, 0.25) is 0 Å². The molecule has 68 heavy (non-hydrogen) atoms. The standard InChI is InChI=1S/C11H20N2.C10H18N2.C10H17NS.C9H15NS.C8H14N2.C8H13NS/c1-8(2)6-11-7-10(5)13(12-11)9(3)4;1-8(2)7-10-5-6-12(11-10)9(3)4;1-7(2)5-9-6-12-10(11-9)8(3)4;1-7-10-6-8(11-7)5-9(2,3)4;1-7(2)4-8-5-10(3)6-9-8;1-6(2)4-8-5-10-7(3)9-8/h7-9H,6H2,1-5H3;5-6,8-9H,7H2,1-4H3;6-8H,5H2,1-4H3;6H,5H2,1-4H3;5-7H,4H2,1-3H3;5-6H,4H2,1-3H3. The van der Waals surface area contributed by atoms with E-state index in [2.05, 4.69) is 222 Å². The van der Waals surface area contributed by atoms with E-state index in [1.165, 1.54) is 54.1 Å². The SMILES string of the molecule is CC(C)Cc1ccn(C(C)C)n1.CC(C)Cc1cn(C)cn1.CC(C)Cc1csc(C(C)C)n1.Cc1cc(CC(C)C)nn1C(C)C.Cc1nc(CC(C)C)cs1.Cc1ncc(CC(C)(C)C)s1. The van der Waals surface area contributed by atoms with E-state index >= 15 is 0 Å². The third-order valence-electron chi connectivity index (χ3n) is 9.60. The number of nitrogens with zero attached hydrogens (tertiary/aromatic N) is 9. The predicted octanol–water partition coefficient (Wildman–Crippen LogP) is 16.4. The summed E-state index contributed by atoms with van der Waals surface area (Å²) >= 11 is 5.33. The summed E-state index contributed by atoms with van der Waals surface area (Å²) in [6.45, 7) is 48.2. The molecule has 6 aromatic rings. The molecule has 0 atom stereocenters. The molecule has 0 unspecified atom stereocenters. The highest BCUT2D eigenvalue weighted by atomic mass is 32.1. The lowest BCUT2D eigenvalue weighted by Crippen LogP contribution is -2.07. The topological polar surface area (TPSA) is 92.1 Å². The van der Waals surface area contributed by atoms with Gasteiger partial charge in [0, 0.05) is 65.0 Å². The molecule has 6 rings (SSSR count). The first-order chi connectivity index (χ1) is 31.5. The Morgan fingerprint density at radius 2 is 1.09 bits per heavy atom. The van der Waals surface area contributed by atoms with Gasteiger partial charge in [0.25, 0.3) is 0 Å². The van der Waals surface area contributed by atoms with Crippen LogP contribution in [-0.4, -0.2) is 44.1 Å². The molecule has 0 amide bonds. The number of thiazole rings is 3. The van der Waals surface area contributed by atoms with Crippen LogP contribution in [0.25, 0.3) is 0 Å². The molecule has 0 aliphatic rings. The summed E-state index contributed by atoms with van der Waals surface area (Å²) in [6, 6.07) is 5.26. The highest BCUT2D eigenvalue weighted by molar-refractivity contribution is 7.11. The lowest BCUT2D eigenvalue weighted by Gasteiger charge is -2.15. The van der Waals surface area contributed by atoms with E-state index in [1.807, 2.05) is 28.8 Å². The van der Waals surface area contributed by atoms with E-state index in [1.54, 1.807) is 34.0 Å². The molecule has 0 aromatic carbocycles. The molecule has 9 nitrogen and oxygen atoms in total. The monoisotopic (exact) mass is 992 g/mol. The number of aryl methyl sites for hydroxylation is 4. The van der Waals surface area contributed by atoms with Crippen molar-refractivity contribution in [2.24, 2.45) is 42.1 Å². The van der Waals surface area contributed by atoms with Gasteiger partial charge in [-0.05, 0) is 134 Å². The molecule has 6 aromatic heterocycles. The first-order valence-corrected chi connectivity index (χ1v) is 27.9. The lowest BCUT2D eigenvalue weighted by molar-refractivity contribution is 0.414. The van der Waals surface area contributed by atoms with Crippen LogP contribution < -0.4 is 0 Å². The minimum Gasteiger partial charge on any atom is -0.340 e. The second kappa shape index (κ2) is 31.7. The van der Waals surface area contributed by atoms with Gasteiger partial charge in [-0.3, -0.25) is 9.36 Å². The largest absolute Gasteiger partial charge is 0.340 e. The van der Waals surface area contributed by atoms with Gasteiger partial charge in [0.15, 0.2) is 0 Å². The first-order valence-electron chi connectivity index (χ1n) is 25.4. The van der Waals surface area contributed by atoms with Crippen LogP contribution in [0.1, 0.15) is 204 Å². The molecular weight excluding hydrogens is 895 g/mol. The maximum Gasteiger partial charge on any atom is 0.0953 e. The molecule has 0 radical (unpaired) electrons. The zero-order valence-corrected chi connectivity index (χ0v) is 49.7. The van der Waals surface area contributed by atoms with E-state index in [9.17, 15) is 0 Å². The van der Waals surface area contributed by atoms with Crippen molar-refractivity contribution in [3.63, 3.8) is 0 Å². The zero-order chi connectivity index (χ0) is 51.9. The van der Waals surface area contributed by atoms with Crippen molar-refractivity contribution >= 4 is 34.0 Å². The Bertz CT molecular complexity index is 2080. The van der Waals surface area contributed by atoms with Gasteiger partial charge in [-0.2, -0.15) is 10.2 Å². The van der Waals surface area contributed by atoms with Crippen LogP contribution >= 0.6 is 34.0 Å². The molecule has 384 valence electrons. The Morgan fingerprint density at radius 1 is 0.574 bits per heavy atom. The Morgan fingerprint density at radius 3 is 1.47 bits per heavy atom. The maximum absolute atomic E-state index is 4.57. The van der Waals surface area contributed by atoms with E-state index in [-0.39, 0.29) is 0 Å². The molecule has 0 saturated heterocycles. The number of aromatic nitrogens is 9. The van der Waals surface area contributed by atoms with Crippen LogP contribution in [0, 0.1) is 55.8 Å². The average molecular weight is 993 g/mol. The summed E-state index contributed by atoms with van der Waals surface area (Å²) in [7, 11) is 2.00. The Labute approximate surface area is 428 Å². The zero-order valence-electron chi connectivity index (χ0n) is 47.2. The van der Waals surface area contributed by atoms with Crippen LogP contribution in [0.3, 0.4) is 0 Å². The van der Waals surface area contributed by atoms with Gasteiger partial charge in [0.1, 0.15) is 0 Å². The van der Waals surface area contributed by atoms with Crippen molar-refractivity contribution in [3.05, 3.63) is 102 Å².